The first-order chi connectivity index (χ1) is 6.99. The van der Waals surface area contributed by atoms with Gasteiger partial charge >= 0.3 is 0 Å². The molecule has 0 aliphatic carbocycles. The Morgan fingerprint density at radius 1 is 1.73 bits per heavy atom. The van der Waals surface area contributed by atoms with Crippen molar-refractivity contribution in [2.75, 3.05) is 13.2 Å². The molecule has 3 unspecified atom stereocenters. The zero-order valence-corrected chi connectivity index (χ0v) is 9.96. The molecule has 3 atom stereocenters. The summed E-state index contributed by atoms with van der Waals surface area (Å²) in [4.78, 5) is 13.9. The molecule has 15 heavy (non-hydrogen) atoms. The van der Waals surface area contributed by atoms with Crippen molar-refractivity contribution in [2.24, 2.45) is 17.6 Å². The smallest absolute Gasteiger partial charge is 0.232 e. The molecule has 0 radical (unpaired) electrons. The molecule has 1 fully saturated rings. The normalized spacial score (nSPS) is 27.8. The van der Waals surface area contributed by atoms with E-state index >= 15 is 0 Å². The van der Waals surface area contributed by atoms with Crippen LogP contribution in [0.3, 0.4) is 0 Å². The van der Waals surface area contributed by atoms with Crippen LogP contribution in [0.2, 0.25) is 0 Å². The molecule has 1 saturated heterocycles. The molecule has 1 aliphatic rings. The summed E-state index contributed by atoms with van der Waals surface area (Å²) >= 11 is 4.80. The van der Waals surface area contributed by atoms with Crippen molar-refractivity contribution in [2.45, 2.75) is 26.3 Å². The third kappa shape index (κ3) is 2.46. The first-order valence-corrected chi connectivity index (χ1v) is 5.60. The average Bonchev–Trinajstić information content (AvgIpc) is 2.57. The highest BCUT2D eigenvalue weighted by Gasteiger charge is 2.36. The van der Waals surface area contributed by atoms with Crippen LogP contribution < -0.4 is 5.73 Å². The Morgan fingerprint density at radius 2 is 2.33 bits per heavy atom. The van der Waals surface area contributed by atoms with Crippen molar-refractivity contribution >= 4 is 23.1 Å². The van der Waals surface area contributed by atoms with Gasteiger partial charge in [0.1, 0.15) is 0 Å². The molecule has 5 heteroatoms. The molecule has 86 valence electrons. The molecule has 1 rings (SSSR count). The molecule has 1 amide bonds. The first-order valence-electron chi connectivity index (χ1n) is 5.19. The van der Waals surface area contributed by atoms with Gasteiger partial charge in [0.2, 0.25) is 5.91 Å². The fraction of sp³-hybridized carbons (Fsp3) is 0.800. The number of aliphatic hydroxyl groups is 1. The monoisotopic (exact) mass is 230 g/mol. The third-order valence-corrected chi connectivity index (χ3v) is 3.50. The van der Waals surface area contributed by atoms with Crippen LogP contribution in [-0.4, -0.2) is 40.1 Å². The number of nitrogens with two attached hydrogens (primary N) is 1. The van der Waals surface area contributed by atoms with Crippen LogP contribution in [0.4, 0.5) is 0 Å². The van der Waals surface area contributed by atoms with Crippen molar-refractivity contribution in [1.82, 2.24) is 4.90 Å². The van der Waals surface area contributed by atoms with Crippen LogP contribution in [0.5, 0.6) is 0 Å². The minimum absolute atomic E-state index is 0.0109. The number of hydrogen-bond acceptors (Lipinski definition) is 3. The van der Waals surface area contributed by atoms with E-state index < -0.39 is 5.92 Å². The highest BCUT2D eigenvalue weighted by molar-refractivity contribution is 7.80. The zero-order chi connectivity index (χ0) is 11.6. The lowest BCUT2D eigenvalue weighted by Crippen LogP contribution is -2.45. The van der Waals surface area contributed by atoms with E-state index in [-0.39, 0.29) is 23.5 Å². The van der Waals surface area contributed by atoms with Gasteiger partial charge < -0.3 is 15.7 Å². The highest BCUT2D eigenvalue weighted by Crippen LogP contribution is 2.25. The minimum atomic E-state index is -0.431. The average molecular weight is 230 g/mol. The summed E-state index contributed by atoms with van der Waals surface area (Å²) in [5.41, 5.74) is 5.45. The second-order valence-corrected chi connectivity index (χ2v) is 4.64. The van der Waals surface area contributed by atoms with Crippen molar-refractivity contribution in [3.05, 3.63) is 0 Å². The molecule has 0 aromatic carbocycles. The molecular weight excluding hydrogens is 212 g/mol. The molecule has 4 nitrogen and oxygen atoms in total. The van der Waals surface area contributed by atoms with E-state index in [2.05, 4.69) is 0 Å². The molecular formula is C10H18N2O2S. The van der Waals surface area contributed by atoms with Gasteiger partial charge in [0.25, 0.3) is 0 Å². The summed E-state index contributed by atoms with van der Waals surface area (Å²) < 4.78 is 0. The number of nitrogens with zero attached hydrogens (tertiary/aromatic N) is 1. The van der Waals surface area contributed by atoms with Crippen LogP contribution >= 0.6 is 12.2 Å². The Labute approximate surface area is 95.4 Å². The number of rotatable bonds is 3. The molecule has 0 spiro atoms. The number of amides is 1. The lowest BCUT2D eigenvalue weighted by molar-refractivity contribution is -0.134. The number of carbonyl (C=O) groups is 1. The number of hydrogen-bond donors (Lipinski definition) is 2. The number of likely N-dealkylation sites (tertiary alicyclic amines) is 1. The third-order valence-electron chi connectivity index (χ3n) is 3.15. The van der Waals surface area contributed by atoms with Crippen molar-refractivity contribution in [3.8, 4) is 0 Å². The fourth-order valence-corrected chi connectivity index (χ4v) is 2.03. The van der Waals surface area contributed by atoms with E-state index in [0.29, 0.717) is 12.5 Å². The summed E-state index contributed by atoms with van der Waals surface area (Å²) in [6.07, 6.45) is 0.932. The summed E-state index contributed by atoms with van der Waals surface area (Å²) in [7, 11) is 0. The molecule has 0 aromatic heterocycles. The maximum Gasteiger partial charge on any atom is 0.232 e. The largest absolute Gasteiger partial charge is 0.394 e. The van der Waals surface area contributed by atoms with Gasteiger partial charge in [-0.05, 0) is 19.3 Å². The topological polar surface area (TPSA) is 66.6 Å². The van der Waals surface area contributed by atoms with Gasteiger partial charge in [-0.15, -0.1) is 0 Å². The molecule has 1 heterocycles. The van der Waals surface area contributed by atoms with Gasteiger partial charge in [-0.1, -0.05) is 19.1 Å². The second-order valence-electron chi connectivity index (χ2n) is 4.17. The van der Waals surface area contributed by atoms with E-state index in [9.17, 15) is 9.90 Å². The Balaban J connectivity index is 2.71. The molecule has 0 saturated carbocycles. The summed E-state index contributed by atoms with van der Waals surface area (Å²) in [5.74, 6) is -0.150. The highest BCUT2D eigenvalue weighted by atomic mass is 32.1. The Kier molecular flexibility index (Phi) is 4.04. The number of aliphatic hydroxyl groups excluding tert-OH is 1. The molecule has 0 aromatic rings. The van der Waals surface area contributed by atoms with Gasteiger partial charge in [0.05, 0.1) is 23.6 Å². The van der Waals surface area contributed by atoms with Crippen LogP contribution in [0, 0.1) is 11.8 Å². The van der Waals surface area contributed by atoms with E-state index in [1.54, 1.807) is 11.8 Å². The van der Waals surface area contributed by atoms with Gasteiger partial charge in [-0.2, -0.15) is 0 Å². The van der Waals surface area contributed by atoms with Crippen LogP contribution in [-0.2, 0) is 4.79 Å². The Hall–Kier alpha value is -0.680. The summed E-state index contributed by atoms with van der Waals surface area (Å²) in [6, 6.07) is -0.0747. The van der Waals surface area contributed by atoms with E-state index in [4.69, 9.17) is 18.0 Å². The first kappa shape index (κ1) is 12.4. The van der Waals surface area contributed by atoms with Gasteiger partial charge in [0, 0.05) is 6.54 Å². The fourth-order valence-electron chi connectivity index (χ4n) is 1.93. The maximum absolute atomic E-state index is 11.9. The molecule has 3 N–H and O–H groups in total. The van der Waals surface area contributed by atoms with Crippen LogP contribution in [0.25, 0.3) is 0 Å². The van der Waals surface area contributed by atoms with Crippen LogP contribution in [0.15, 0.2) is 0 Å². The Bertz CT molecular complexity index is 270. The minimum Gasteiger partial charge on any atom is -0.394 e. The summed E-state index contributed by atoms with van der Waals surface area (Å²) in [6.45, 7) is 4.46. The standard InChI is InChI=1S/C10H18N2O2S/c1-6-3-4-12(8(6)5-13)10(14)7(2)9(11)15/h6-8,13H,3-5H2,1-2H3,(H2,11,15). The lowest BCUT2D eigenvalue weighted by atomic mass is 10.0. The predicted octanol–water partition coefficient (Wildman–Crippen LogP) is 0.138. The SMILES string of the molecule is CC(C(=O)N1CCC(C)C1CO)C(N)=S. The van der Waals surface area contributed by atoms with Gasteiger partial charge in [-0.3, -0.25) is 4.79 Å². The van der Waals surface area contributed by atoms with Crippen LogP contribution in [0.1, 0.15) is 20.3 Å². The number of thiocarbonyl (C=S) groups is 1. The zero-order valence-electron chi connectivity index (χ0n) is 9.14. The van der Waals surface area contributed by atoms with E-state index in [0.717, 1.165) is 6.42 Å². The van der Waals surface area contributed by atoms with Gasteiger partial charge in [-0.25, -0.2) is 0 Å². The van der Waals surface area contributed by atoms with Crippen molar-refractivity contribution < 1.29 is 9.90 Å². The Morgan fingerprint density at radius 3 is 2.80 bits per heavy atom. The van der Waals surface area contributed by atoms with E-state index in [1.807, 2.05) is 6.92 Å². The van der Waals surface area contributed by atoms with Crippen molar-refractivity contribution in [1.29, 1.82) is 0 Å². The second kappa shape index (κ2) is 4.90. The quantitative estimate of drug-likeness (QED) is 0.677. The van der Waals surface area contributed by atoms with Gasteiger partial charge in [0.15, 0.2) is 0 Å². The molecule has 1 aliphatic heterocycles. The molecule has 0 bridgehead atoms. The lowest BCUT2D eigenvalue weighted by Gasteiger charge is -2.27. The predicted molar refractivity (Wildman–Crippen MR) is 62.3 cm³/mol. The summed E-state index contributed by atoms with van der Waals surface area (Å²) in [5, 5.41) is 9.22. The maximum atomic E-state index is 11.9. The number of carbonyl (C=O) groups excluding carboxylic acids is 1. The van der Waals surface area contributed by atoms with E-state index in [1.165, 1.54) is 0 Å². The van der Waals surface area contributed by atoms with Crippen molar-refractivity contribution in [3.63, 3.8) is 0 Å².